The van der Waals surface area contributed by atoms with E-state index in [9.17, 15) is 4.79 Å². The Kier molecular flexibility index (Phi) is 4.55. The topological polar surface area (TPSA) is 36.4 Å². The van der Waals surface area contributed by atoms with E-state index in [4.69, 9.17) is 0 Å². The number of hydrogen-bond acceptors (Lipinski definition) is 4. The van der Waals surface area contributed by atoms with E-state index < -0.39 is 0 Å². The zero-order valence-electron chi connectivity index (χ0n) is 13.1. The number of hydrogen-bond donors (Lipinski definition) is 0. The highest BCUT2D eigenvalue weighted by Gasteiger charge is 2.25. The third kappa shape index (κ3) is 3.05. The van der Waals surface area contributed by atoms with Crippen molar-refractivity contribution in [3.63, 3.8) is 0 Å². The normalized spacial score (nSPS) is 16.0. The van der Waals surface area contributed by atoms with Crippen molar-refractivity contribution in [1.82, 2.24) is 14.8 Å². The van der Waals surface area contributed by atoms with Crippen LogP contribution in [0.15, 0.2) is 30.3 Å². The van der Waals surface area contributed by atoms with Crippen molar-refractivity contribution in [3.8, 4) is 10.6 Å². The number of aryl methyl sites for hydroxylation is 1. The van der Waals surface area contributed by atoms with Gasteiger partial charge in [-0.15, -0.1) is 11.3 Å². The molecule has 1 fully saturated rings. The number of amides is 1. The molecular weight excluding hydrogens is 294 g/mol. The Morgan fingerprint density at radius 1 is 1.18 bits per heavy atom. The van der Waals surface area contributed by atoms with Gasteiger partial charge >= 0.3 is 0 Å². The summed E-state index contributed by atoms with van der Waals surface area (Å²) in [7, 11) is 0. The molecule has 5 heteroatoms. The first-order valence-corrected chi connectivity index (χ1v) is 8.55. The molecule has 0 radical (unpaired) electrons. The summed E-state index contributed by atoms with van der Waals surface area (Å²) in [6.07, 6.45) is 0. The fraction of sp³-hybridized carbons (Fsp3) is 0.412. The summed E-state index contributed by atoms with van der Waals surface area (Å²) in [5, 5.41) is 0.925. The van der Waals surface area contributed by atoms with E-state index in [1.54, 1.807) is 11.3 Å². The summed E-state index contributed by atoms with van der Waals surface area (Å²) < 4.78 is 0. The van der Waals surface area contributed by atoms with Gasteiger partial charge in [-0.1, -0.05) is 37.3 Å². The molecule has 1 amide bonds. The number of likely N-dealkylation sites (N-methyl/N-ethyl adjacent to an activating group) is 1. The van der Waals surface area contributed by atoms with E-state index in [1.165, 1.54) is 0 Å². The summed E-state index contributed by atoms with van der Waals surface area (Å²) in [6, 6.07) is 10.1. The smallest absolute Gasteiger partial charge is 0.273 e. The Balaban J connectivity index is 1.78. The third-order valence-corrected chi connectivity index (χ3v) is 5.15. The van der Waals surface area contributed by atoms with Crippen molar-refractivity contribution in [1.29, 1.82) is 0 Å². The van der Waals surface area contributed by atoms with Gasteiger partial charge < -0.3 is 9.80 Å². The molecule has 0 saturated carbocycles. The summed E-state index contributed by atoms with van der Waals surface area (Å²) in [5.74, 6) is 0.0756. The van der Waals surface area contributed by atoms with Crippen molar-refractivity contribution in [3.05, 3.63) is 40.9 Å². The lowest BCUT2D eigenvalue weighted by atomic mass is 10.2. The van der Waals surface area contributed by atoms with Crippen molar-refractivity contribution in [2.45, 2.75) is 13.8 Å². The van der Waals surface area contributed by atoms with Crippen LogP contribution in [0.3, 0.4) is 0 Å². The molecule has 1 aliphatic rings. The molecule has 2 aromatic rings. The summed E-state index contributed by atoms with van der Waals surface area (Å²) in [5.41, 5.74) is 1.69. The number of nitrogens with zero attached hydrogens (tertiary/aromatic N) is 3. The fourth-order valence-electron chi connectivity index (χ4n) is 2.72. The Morgan fingerprint density at radius 2 is 1.86 bits per heavy atom. The maximum absolute atomic E-state index is 12.7. The zero-order valence-corrected chi connectivity index (χ0v) is 13.9. The molecule has 0 atom stereocenters. The highest BCUT2D eigenvalue weighted by molar-refractivity contribution is 7.15. The first-order chi connectivity index (χ1) is 10.7. The van der Waals surface area contributed by atoms with Crippen LogP contribution in [0.1, 0.15) is 22.3 Å². The molecule has 0 unspecified atom stereocenters. The molecule has 3 rings (SSSR count). The lowest BCUT2D eigenvalue weighted by molar-refractivity contribution is 0.0638. The predicted molar refractivity (Wildman–Crippen MR) is 90.3 cm³/mol. The number of benzene rings is 1. The van der Waals surface area contributed by atoms with Crippen LogP contribution >= 0.6 is 11.3 Å². The SMILES string of the molecule is CCN1CCN(C(=O)c2nc(-c3ccccc3)sc2C)CC1. The lowest BCUT2D eigenvalue weighted by Crippen LogP contribution is -2.48. The molecular formula is C17H21N3OS. The molecule has 4 nitrogen and oxygen atoms in total. The average molecular weight is 315 g/mol. The molecule has 1 aromatic heterocycles. The van der Waals surface area contributed by atoms with Gasteiger partial charge in [0, 0.05) is 36.6 Å². The van der Waals surface area contributed by atoms with Crippen LogP contribution in [0.4, 0.5) is 0 Å². The molecule has 1 saturated heterocycles. The van der Waals surface area contributed by atoms with Gasteiger partial charge in [-0.2, -0.15) is 0 Å². The molecule has 0 bridgehead atoms. The second-order valence-corrected chi connectivity index (χ2v) is 6.72. The molecule has 2 heterocycles. The largest absolute Gasteiger partial charge is 0.335 e. The molecule has 1 aliphatic heterocycles. The summed E-state index contributed by atoms with van der Waals surface area (Å²) in [6.45, 7) is 8.70. The number of aromatic nitrogens is 1. The van der Waals surface area contributed by atoms with Gasteiger partial charge in [-0.05, 0) is 13.5 Å². The van der Waals surface area contributed by atoms with Gasteiger partial charge in [-0.3, -0.25) is 4.79 Å². The first-order valence-electron chi connectivity index (χ1n) is 7.73. The van der Waals surface area contributed by atoms with Crippen molar-refractivity contribution < 1.29 is 4.79 Å². The quantitative estimate of drug-likeness (QED) is 0.874. The van der Waals surface area contributed by atoms with Crippen LogP contribution in [0.5, 0.6) is 0 Å². The van der Waals surface area contributed by atoms with Crippen LogP contribution in [-0.2, 0) is 0 Å². The van der Waals surface area contributed by atoms with E-state index in [0.717, 1.165) is 48.2 Å². The molecule has 1 aromatic carbocycles. The van der Waals surface area contributed by atoms with Gasteiger partial charge in [0.05, 0.1) is 0 Å². The highest BCUT2D eigenvalue weighted by atomic mass is 32.1. The summed E-state index contributed by atoms with van der Waals surface area (Å²) >= 11 is 1.60. The second kappa shape index (κ2) is 6.58. The van der Waals surface area contributed by atoms with Gasteiger partial charge in [0.2, 0.25) is 0 Å². The molecule has 116 valence electrons. The minimum Gasteiger partial charge on any atom is -0.335 e. The van der Waals surface area contributed by atoms with E-state index in [2.05, 4.69) is 16.8 Å². The van der Waals surface area contributed by atoms with E-state index in [0.29, 0.717) is 5.69 Å². The summed E-state index contributed by atoms with van der Waals surface area (Å²) in [4.78, 5) is 22.6. The van der Waals surface area contributed by atoms with E-state index >= 15 is 0 Å². The molecule has 0 N–H and O–H groups in total. The van der Waals surface area contributed by atoms with Crippen LogP contribution in [-0.4, -0.2) is 53.4 Å². The van der Waals surface area contributed by atoms with Gasteiger partial charge in [0.25, 0.3) is 5.91 Å². The second-order valence-electron chi connectivity index (χ2n) is 5.52. The highest BCUT2D eigenvalue weighted by Crippen LogP contribution is 2.28. The average Bonchev–Trinajstić information content (AvgIpc) is 2.97. The minimum absolute atomic E-state index is 0.0756. The molecule has 22 heavy (non-hydrogen) atoms. The van der Waals surface area contributed by atoms with Gasteiger partial charge in [0.1, 0.15) is 10.7 Å². The van der Waals surface area contributed by atoms with Crippen molar-refractivity contribution >= 4 is 17.2 Å². The first kappa shape index (κ1) is 15.2. The van der Waals surface area contributed by atoms with E-state index in [-0.39, 0.29) is 5.91 Å². The fourth-order valence-corrected chi connectivity index (χ4v) is 3.63. The lowest BCUT2D eigenvalue weighted by Gasteiger charge is -2.33. The Bertz CT molecular complexity index is 645. The number of carbonyl (C=O) groups is 1. The molecule has 0 aliphatic carbocycles. The Morgan fingerprint density at radius 3 is 2.50 bits per heavy atom. The predicted octanol–water partition coefficient (Wildman–Crippen LogP) is 2.90. The number of rotatable bonds is 3. The van der Waals surface area contributed by atoms with Crippen molar-refractivity contribution in [2.24, 2.45) is 0 Å². The van der Waals surface area contributed by atoms with Crippen LogP contribution in [0.25, 0.3) is 10.6 Å². The van der Waals surface area contributed by atoms with Crippen LogP contribution in [0, 0.1) is 6.92 Å². The third-order valence-electron chi connectivity index (χ3n) is 4.13. The van der Waals surface area contributed by atoms with E-state index in [1.807, 2.05) is 42.2 Å². The maximum Gasteiger partial charge on any atom is 0.273 e. The minimum atomic E-state index is 0.0756. The zero-order chi connectivity index (χ0) is 15.5. The van der Waals surface area contributed by atoms with Crippen molar-refractivity contribution in [2.75, 3.05) is 32.7 Å². The van der Waals surface area contributed by atoms with Crippen LogP contribution in [0.2, 0.25) is 0 Å². The number of thiazole rings is 1. The van der Waals surface area contributed by atoms with Gasteiger partial charge in [-0.25, -0.2) is 4.98 Å². The number of carbonyl (C=O) groups excluding carboxylic acids is 1. The maximum atomic E-state index is 12.7. The van der Waals surface area contributed by atoms with Gasteiger partial charge in [0.15, 0.2) is 0 Å². The standard InChI is InChI=1S/C17H21N3OS/c1-3-19-9-11-20(12-10-19)17(21)15-13(2)22-16(18-15)14-7-5-4-6-8-14/h4-8H,3,9-12H2,1-2H3. The Labute approximate surface area is 135 Å². The molecule has 0 spiro atoms. The monoisotopic (exact) mass is 315 g/mol. The number of piperazine rings is 1. The van der Waals surface area contributed by atoms with Crippen LogP contribution < -0.4 is 0 Å². The Hall–Kier alpha value is -1.72.